The van der Waals surface area contributed by atoms with Crippen molar-refractivity contribution in [2.75, 3.05) is 0 Å². The maximum atomic E-state index is 14.0. The lowest BCUT2D eigenvalue weighted by Crippen LogP contribution is -2.56. The average molecular weight is 525 g/mol. The number of aryl methyl sites for hydroxylation is 1. The van der Waals surface area contributed by atoms with Gasteiger partial charge in [0.2, 0.25) is 17.7 Å². The monoisotopic (exact) mass is 524 g/mol. The van der Waals surface area contributed by atoms with E-state index >= 15 is 0 Å². The molecular weight excluding hydrogens is 484 g/mol. The molecule has 0 aliphatic heterocycles. The average Bonchev–Trinajstić information content (AvgIpc) is 2.83. The zero-order valence-electron chi connectivity index (χ0n) is 23.1. The number of hydrogen-bond acceptors (Lipinski definition) is 5. The van der Waals surface area contributed by atoms with Crippen LogP contribution in [0.5, 0.6) is 0 Å². The van der Waals surface area contributed by atoms with E-state index in [0.717, 1.165) is 11.1 Å². The van der Waals surface area contributed by atoms with Gasteiger partial charge in [0.1, 0.15) is 17.7 Å². The number of hydrogen-bond donors (Lipinski definition) is 3. The van der Waals surface area contributed by atoms with Crippen molar-refractivity contribution in [1.82, 2.24) is 15.5 Å². The third-order valence-corrected chi connectivity index (χ3v) is 5.91. The molecule has 4 N–H and O–H groups in total. The van der Waals surface area contributed by atoms with Crippen molar-refractivity contribution < 1.29 is 23.9 Å². The Labute approximate surface area is 225 Å². The molecule has 0 bridgehead atoms. The molecule has 38 heavy (non-hydrogen) atoms. The Bertz CT molecular complexity index is 1110. The number of rotatable bonds is 11. The van der Waals surface area contributed by atoms with Gasteiger partial charge >= 0.3 is 6.09 Å². The first-order valence-corrected chi connectivity index (χ1v) is 12.8. The van der Waals surface area contributed by atoms with Crippen LogP contribution in [0.2, 0.25) is 0 Å². The first-order chi connectivity index (χ1) is 17.8. The minimum absolute atomic E-state index is 0.269. The molecular formula is C29H40N4O5. The van der Waals surface area contributed by atoms with E-state index in [-0.39, 0.29) is 12.5 Å². The van der Waals surface area contributed by atoms with Crippen LogP contribution in [0.25, 0.3) is 0 Å². The zero-order chi connectivity index (χ0) is 28.5. The van der Waals surface area contributed by atoms with Crippen molar-refractivity contribution in [3.05, 3.63) is 71.3 Å². The smallest absolute Gasteiger partial charge is 0.408 e. The molecule has 9 nitrogen and oxygen atoms in total. The molecule has 0 saturated carbocycles. The molecule has 3 atom stereocenters. The summed E-state index contributed by atoms with van der Waals surface area (Å²) < 4.78 is 5.31. The number of carbonyl (C=O) groups is 4. The van der Waals surface area contributed by atoms with Crippen LogP contribution in [-0.4, -0.2) is 46.4 Å². The topological polar surface area (TPSA) is 131 Å². The number of nitrogens with two attached hydrogens (primary N) is 1. The molecule has 0 spiro atoms. The third kappa shape index (κ3) is 9.21. The van der Waals surface area contributed by atoms with E-state index in [2.05, 4.69) is 10.6 Å². The second-order valence-electron chi connectivity index (χ2n) is 10.4. The number of ether oxygens (including phenoxy) is 1. The van der Waals surface area contributed by atoms with E-state index in [1.54, 1.807) is 26.8 Å². The fourth-order valence-corrected chi connectivity index (χ4v) is 3.99. The standard InChI is InChI=1S/C29H40N4O5/c1-7-20(3)33(27(36)23(17-24(30)34)32-28(37)38-29(4,5)6)25(22-15-11-12-19(2)16-22)26(35)31-18-21-13-9-8-10-14-21/h8-16,20,23,25H,7,17-18H2,1-6H3,(H2,30,34)(H,31,35)(H,32,37). The lowest BCUT2D eigenvalue weighted by molar-refractivity contribution is -0.146. The summed E-state index contributed by atoms with van der Waals surface area (Å²) in [6.07, 6.45) is -0.783. The van der Waals surface area contributed by atoms with E-state index in [4.69, 9.17) is 10.5 Å². The van der Waals surface area contributed by atoms with E-state index < -0.39 is 48.1 Å². The number of benzene rings is 2. The maximum absolute atomic E-state index is 14.0. The quantitative estimate of drug-likeness (QED) is 0.412. The van der Waals surface area contributed by atoms with Crippen LogP contribution in [0.3, 0.4) is 0 Å². The van der Waals surface area contributed by atoms with Crippen molar-refractivity contribution in [3.8, 4) is 0 Å². The molecule has 3 unspecified atom stereocenters. The summed E-state index contributed by atoms with van der Waals surface area (Å²) in [4.78, 5) is 53.7. The molecule has 4 amide bonds. The van der Waals surface area contributed by atoms with Crippen LogP contribution >= 0.6 is 0 Å². The normalized spacial score (nSPS) is 13.5. The Morgan fingerprint density at radius 2 is 1.68 bits per heavy atom. The van der Waals surface area contributed by atoms with Gasteiger partial charge in [-0.1, -0.05) is 67.1 Å². The number of primary amides is 1. The van der Waals surface area contributed by atoms with Gasteiger partial charge in [0, 0.05) is 12.6 Å². The van der Waals surface area contributed by atoms with Gasteiger partial charge in [-0.2, -0.15) is 0 Å². The van der Waals surface area contributed by atoms with Crippen LogP contribution in [0.4, 0.5) is 4.79 Å². The Kier molecular flexibility index (Phi) is 10.9. The van der Waals surface area contributed by atoms with Gasteiger partial charge in [-0.05, 0) is 52.2 Å². The summed E-state index contributed by atoms with van der Waals surface area (Å²) in [5.41, 5.74) is 7.06. The van der Waals surface area contributed by atoms with Crippen LogP contribution in [0.1, 0.15) is 70.2 Å². The van der Waals surface area contributed by atoms with E-state index in [0.29, 0.717) is 12.0 Å². The molecule has 9 heteroatoms. The van der Waals surface area contributed by atoms with E-state index in [1.165, 1.54) is 4.90 Å². The molecule has 2 aromatic carbocycles. The second kappa shape index (κ2) is 13.6. The predicted octanol–water partition coefficient (Wildman–Crippen LogP) is 3.75. The van der Waals surface area contributed by atoms with Gasteiger partial charge in [0.05, 0.1) is 6.42 Å². The van der Waals surface area contributed by atoms with Crippen molar-refractivity contribution in [2.45, 2.75) is 84.7 Å². The molecule has 0 aromatic heterocycles. The lowest BCUT2D eigenvalue weighted by atomic mass is 9.98. The molecule has 2 rings (SSSR count). The van der Waals surface area contributed by atoms with Gasteiger partial charge in [0.25, 0.3) is 0 Å². The number of carbonyl (C=O) groups excluding carboxylic acids is 4. The van der Waals surface area contributed by atoms with Crippen molar-refractivity contribution in [3.63, 3.8) is 0 Å². The van der Waals surface area contributed by atoms with Gasteiger partial charge in [0.15, 0.2) is 0 Å². The highest BCUT2D eigenvalue weighted by Crippen LogP contribution is 2.27. The van der Waals surface area contributed by atoms with Crippen LogP contribution in [0.15, 0.2) is 54.6 Å². The summed E-state index contributed by atoms with van der Waals surface area (Å²) in [7, 11) is 0. The largest absolute Gasteiger partial charge is 0.444 e. The number of alkyl carbamates (subject to hydrolysis) is 1. The zero-order valence-corrected chi connectivity index (χ0v) is 23.1. The van der Waals surface area contributed by atoms with E-state index in [9.17, 15) is 19.2 Å². The molecule has 2 aromatic rings. The SMILES string of the molecule is CCC(C)N(C(=O)C(CC(N)=O)NC(=O)OC(C)(C)C)C(C(=O)NCc1ccccc1)c1cccc(C)c1. The molecule has 206 valence electrons. The van der Waals surface area contributed by atoms with E-state index in [1.807, 2.05) is 69.3 Å². The molecule has 0 fully saturated rings. The molecule has 0 aliphatic carbocycles. The van der Waals surface area contributed by atoms with Crippen molar-refractivity contribution >= 4 is 23.8 Å². The highest BCUT2D eigenvalue weighted by atomic mass is 16.6. The summed E-state index contributed by atoms with van der Waals surface area (Å²) >= 11 is 0. The highest BCUT2D eigenvalue weighted by Gasteiger charge is 2.39. The third-order valence-electron chi connectivity index (χ3n) is 5.91. The Morgan fingerprint density at radius 1 is 1.03 bits per heavy atom. The Morgan fingerprint density at radius 3 is 2.24 bits per heavy atom. The molecule has 0 saturated heterocycles. The number of nitrogens with one attached hydrogen (secondary N) is 2. The minimum atomic E-state index is -1.31. The summed E-state index contributed by atoms with van der Waals surface area (Å²) in [6, 6.07) is 14.1. The Balaban J connectivity index is 2.50. The molecule has 0 heterocycles. The minimum Gasteiger partial charge on any atom is -0.444 e. The molecule has 0 radical (unpaired) electrons. The summed E-state index contributed by atoms with van der Waals surface area (Å²) in [6.45, 7) is 10.9. The highest BCUT2D eigenvalue weighted by molar-refractivity contribution is 5.94. The predicted molar refractivity (Wildman–Crippen MR) is 146 cm³/mol. The Hall–Kier alpha value is -3.88. The van der Waals surface area contributed by atoms with Crippen LogP contribution in [-0.2, 0) is 25.7 Å². The van der Waals surface area contributed by atoms with Gasteiger partial charge in [-0.25, -0.2) is 4.79 Å². The second-order valence-corrected chi connectivity index (χ2v) is 10.4. The van der Waals surface area contributed by atoms with Gasteiger partial charge in [-0.3, -0.25) is 14.4 Å². The van der Waals surface area contributed by atoms with Crippen LogP contribution in [0, 0.1) is 6.92 Å². The van der Waals surface area contributed by atoms with Crippen molar-refractivity contribution in [1.29, 1.82) is 0 Å². The first kappa shape index (κ1) is 30.3. The first-order valence-electron chi connectivity index (χ1n) is 12.8. The molecule has 0 aliphatic rings. The maximum Gasteiger partial charge on any atom is 0.408 e. The summed E-state index contributed by atoms with van der Waals surface area (Å²) in [5.74, 6) is -1.77. The number of nitrogens with zero attached hydrogens (tertiary/aromatic N) is 1. The fraction of sp³-hybridized carbons (Fsp3) is 0.448. The fourth-order valence-electron chi connectivity index (χ4n) is 3.99. The summed E-state index contributed by atoms with van der Waals surface area (Å²) in [5, 5.41) is 5.44. The lowest BCUT2D eigenvalue weighted by Gasteiger charge is -2.38. The van der Waals surface area contributed by atoms with Crippen LogP contribution < -0.4 is 16.4 Å². The van der Waals surface area contributed by atoms with Gasteiger partial charge < -0.3 is 26.0 Å². The van der Waals surface area contributed by atoms with Crippen molar-refractivity contribution in [2.24, 2.45) is 5.73 Å². The van der Waals surface area contributed by atoms with Gasteiger partial charge in [-0.15, -0.1) is 0 Å². The number of amides is 4.